The minimum atomic E-state index is -1.28. The number of pyridine rings is 1. The van der Waals surface area contributed by atoms with Crippen molar-refractivity contribution in [1.82, 2.24) is 29.9 Å². The summed E-state index contributed by atoms with van der Waals surface area (Å²) in [6.45, 7) is 0. The normalized spacial score (nSPS) is 12.2. The van der Waals surface area contributed by atoms with E-state index in [0.717, 1.165) is 16.5 Å². The van der Waals surface area contributed by atoms with Gasteiger partial charge >= 0.3 is 5.97 Å². The highest BCUT2D eigenvalue weighted by molar-refractivity contribution is 6.31. The minimum Gasteiger partial charge on any atom is -0.465 e. The number of H-pyrrole nitrogens is 1. The lowest BCUT2D eigenvalue weighted by Gasteiger charge is -2.09. The summed E-state index contributed by atoms with van der Waals surface area (Å²) in [7, 11) is 3.12. The zero-order valence-corrected chi connectivity index (χ0v) is 18.2. The van der Waals surface area contributed by atoms with Gasteiger partial charge in [-0.1, -0.05) is 17.7 Å². The molecule has 0 aliphatic rings. The third kappa shape index (κ3) is 3.75. The third-order valence-electron chi connectivity index (χ3n) is 5.19. The van der Waals surface area contributed by atoms with Gasteiger partial charge in [0.25, 0.3) is 0 Å². The Hall–Kier alpha value is -4.02. The highest BCUT2D eigenvalue weighted by Crippen LogP contribution is 2.33. The van der Waals surface area contributed by atoms with Crippen LogP contribution in [-0.4, -0.2) is 48.1 Å². The molecule has 0 radical (unpaired) electrons. The molecule has 0 spiro atoms. The molecule has 5 aromatic rings. The number of rotatable bonds is 5. The van der Waals surface area contributed by atoms with Crippen LogP contribution in [0.25, 0.3) is 33.6 Å². The number of nitrogens with zero attached hydrogens (tertiary/aromatic N) is 5. The van der Waals surface area contributed by atoms with Crippen LogP contribution in [0.5, 0.6) is 0 Å². The van der Waals surface area contributed by atoms with Gasteiger partial charge in [-0.3, -0.25) is 4.68 Å². The van der Waals surface area contributed by atoms with E-state index in [-0.39, 0.29) is 22.4 Å². The molecule has 4 heterocycles. The summed E-state index contributed by atoms with van der Waals surface area (Å²) in [4.78, 5) is 19.2. The lowest BCUT2D eigenvalue weighted by molar-refractivity contribution is 0.0600. The molecule has 0 amide bonds. The van der Waals surface area contributed by atoms with Crippen LogP contribution in [0.2, 0.25) is 5.02 Å². The molecule has 2 N–H and O–H groups in total. The number of hydrogen-bond donors (Lipinski definition) is 2. The first-order valence-electron chi connectivity index (χ1n) is 9.80. The Kier molecular flexibility index (Phi) is 5.15. The van der Waals surface area contributed by atoms with Crippen LogP contribution in [-0.2, 0) is 11.8 Å². The summed E-state index contributed by atoms with van der Waals surface area (Å²) in [5, 5.41) is 24.0. The van der Waals surface area contributed by atoms with Gasteiger partial charge in [-0.05, 0) is 18.2 Å². The predicted molar refractivity (Wildman–Crippen MR) is 118 cm³/mol. The number of benzene rings is 1. The molecular formula is C22H17ClN6O4. The molecule has 1 aromatic carbocycles. The van der Waals surface area contributed by atoms with Crippen LogP contribution in [0.4, 0.5) is 0 Å². The van der Waals surface area contributed by atoms with Crippen molar-refractivity contribution in [3.63, 3.8) is 0 Å². The second-order valence-electron chi connectivity index (χ2n) is 7.30. The van der Waals surface area contributed by atoms with Gasteiger partial charge in [-0.15, -0.1) is 10.2 Å². The Bertz CT molecular complexity index is 1490. The predicted octanol–water partition coefficient (Wildman–Crippen LogP) is 3.54. The molecule has 5 rings (SSSR count). The Morgan fingerprint density at radius 3 is 2.82 bits per heavy atom. The van der Waals surface area contributed by atoms with E-state index >= 15 is 0 Å². The topological polar surface area (TPSA) is 132 Å². The SMILES string of the molecule is COC(=O)c1ccc(C(O)c2nnc(-c3c[nH]c4ncc(-c5cnn(C)c5)cc34)o2)c(Cl)c1. The number of aliphatic hydroxyl groups excluding tert-OH is 1. The van der Waals surface area contributed by atoms with Crippen LogP contribution in [0, 0.1) is 0 Å². The second-order valence-corrected chi connectivity index (χ2v) is 7.71. The molecule has 0 aliphatic carbocycles. The van der Waals surface area contributed by atoms with Crippen molar-refractivity contribution in [2.45, 2.75) is 6.10 Å². The molecule has 11 heteroatoms. The third-order valence-corrected chi connectivity index (χ3v) is 5.52. The van der Waals surface area contributed by atoms with Gasteiger partial charge < -0.3 is 19.2 Å². The molecule has 0 saturated heterocycles. The second kappa shape index (κ2) is 8.15. The number of hydrogen-bond acceptors (Lipinski definition) is 8. The molecule has 1 atom stereocenters. The zero-order valence-electron chi connectivity index (χ0n) is 17.5. The van der Waals surface area contributed by atoms with E-state index in [4.69, 9.17) is 16.0 Å². The number of aliphatic hydroxyl groups is 1. The fourth-order valence-electron chi connectivity index (χ4n) is 3.49. The smallest absolute Gasteiger partial charge is 0.337 e. The maximum Gasteiger partial charge on any atom is 0.337 e. The highest BCUT2D eigenvalue weighted by Gasteiger charge is 2.23. The highest BCUT2D eigenvalue weighted by atomic mass is 35.5. The monoisotopic (exact) mass is 464 g/mol. The van der Waals surface area contributed by atoms with Crippen molar-refractivity contribution in [2.24, 2.45) is 7.05 Å². The van der Waals surface area contributed by atoms with E-state index in [1.165, 1.54) is 25.3 Å². The van der Waals surface area contributed by atoms with Crippen molar-refractivity contribution in [3.05, 3.63) is 71.1 Å². The number of esters is 1. The quantitative estimate of drug-likeness (QED) is 0.377. The Balaban J connectivity index is 1.48. The summed E-state index contributed by atoms with van der Waals surface area (Å²) >= 11 is 6.26. The lowest BCUT2D eigenvalue weighted by atomic mass is 10.1. The van der Waals surface area contributed by atoms with Crippen LogP contribution in [0.1, 0.15) is 27.9 Å². The maximum atomic E-state index is 11.7. The van der Waals surface area contributed by atoms with E-state index in [1.807, 2.05) is 19.3 Å². The van der Waals surface area contributed by atoms with Gasteiger partial charge in [-0.25, -0.2) is 9.78 Å². The van der Waals surface area contributed by atoms with E-state index in [0.29, 0.717) is 16.8 Å². The molecule has 0 aliphatic heterocycles. The number of nitrogens with one attached hydrogen (secondary N) is 1. The van der Waals surface area contributed by atoms with Gasteiger partial charge in [0.05, 0.1) is 24.4 Å². The van der Waals surface area contributed by atoms with Gasteiger partial charge in [0.15, 0.2) is 6.10 Å². The van der Waals surface area contributed by atoms with Crippen LogP contribution in [0.15, 0.2) is 53.5 Å². The molecule has 0 bridgehead atoms. The number of fused-ring (bicyclic) bond motifs is 1. The standard InChI is InChI=1S/C22H17ClN6O4/c1-29-10-13(8-26-29)12-5-15-16(9-25-19(15)24-7-12)20-27-28-21(33-20)18(30)14-4-3-11(6-17(14)23)22(31)32-2/h3-10,18,30H,1-2H3,(H,24,25). The average molecular weight is 465 g/mol. The van der Waals surface area contributed by atoms with E-state index in [9.17, 15) is 9.90 Å². The molecule has 1 unspecified atom stereocenters. The van der Waals surface area contributed by atoms with Crippen molar-refractivity contribution in [1.29, 1.82) is 0 Å². The Labute approximate surface area is 191 Å². The number of halogens is 1. The van der Waals surface area contributed by atoms with E-state index < -0.39 is 12.1 Å². The van der Waals surface area contributed by atoms with Crippen molar-refractivity contribution in [3.8, 4) is 22.6 Å². The Morgan fingerprint density at radius 1 is 1.24 bits per heavy atom. The van der Waals surface area contributed by atoms with Gasteiger partial charge in [0.1, 0.15) is 5.65 Å². The van der Waals surface area contributed by atoms with E-state index in [2.05, 4.69) is 30.0 Å². The van der Waals surface area contributed by atoms with Gasteiger partial charge in [-0.2, -0.15) is 5.10 Å². The number of ether oxygens (including phenoxy) is 1. The largest absolute Gasteiger partial charge is 0.465 e. The number of aromatic amines is 1. The fraction of sp³-hybridized carbons (Fsp3) is 0.136. The fourth-order valence-corrected chi connectivity index (χ4v) is 3.77. The summed E-state index contributed by atoms with van der Waals surface area (Å²) in [5.41, 5.74) is 3.68. The molecule has 0 saturated carbocycles. The number of methoxy groups -OCH3 is 1. The first-order chi connectivity index (χ1) is 15.9. The van der Waals surface area contributed by atoms with E-state index in [1.54, 1.807) is 23.3 Å². The number of carbonyl (C=O) groups is 1. The number of aromatic nitrogens is 6. The van der Waals surface area contributed by atoms with Gasteiger partial charge in [0.2, 0.25) is 11.8 Å². The van der Waals surface area contributed by atoms with Crippen LogP contribution < -0.4 is 0 Å². The Morgan fingerprint density at radius 2 is 2.09 bits per heavy atom. The molecule has 0 fully saturated rings. The first kappa shape index (κ1) is 20.9. The first-order valence-corrected chi connectivity index (χ1v) is 10.2. The van der Waals surface area contributed by atoms with Crippen molar-refractivity contribution in [2.75, 3.05) is 7.11 Å². The number of aryl methyl sites for hydroxylation is 1. The van der Waals surface area contributed by atoms with Crippen LogP contribution >= 0.6 is 11.6 Å². The molecule has 33 heavy (non-hydrogen) atoms. The lowest BCUT2D eigenvalue weighted by Crippen LogP contribution is -2.05. The van der Waals surface area contributed by atoms with Gasteiger partial charge in [0, 0.05) is 52.7 Å². The molecule has 166 valence electrons. The van der Waals surface area contributed by atoms with Crippen LogP contribution in [0.3, 0.4) is 0 Å². The van der Waals surface area contributed by atoms with Crippen molar-refractivity contribution < 1.29 is 19.1 Å². The summed E-state index contributed by atoms with van der Waals surface area (Å²) < 4.78 is 12.2. The molecule has 10 nitrogen and oxygen atoms in total. The molecule has 4 aromatic heterocycles. The summed E-state index contributed by atoms with van der Waals surface area (Å²) in [6, 6.07) is 6.38. The summed E-state index contributed by atoms with van der Waals surface area (Å²) in [6.07, 6.45) is 5.84. The van der Waals surface area contributed by atoms with Crippen molar-refractivity contribution >= 4 is 28.6 Å². The summed E-state index contributed by atoms with van der Waals surface area (Å²) in [5.74, 6) is -0.359. The zero-order chi connectivity index (χ0) is 23.1. The average Bonchev–Trinajstić information content (AvgIpc) is 3.56. The number of carbonyl (C=O) groups excluding carboxylic acids is 1. The minimum absolute atomic E-state index is 0.0385. The maximum absolute atomic E-state index is 11.7. The molecular weight excluding hydrogens is 448 g/mol.